The van der Waals surface area contributed by atoms with Crippen molar-refractivity contribution >= 4 is 40.3 Å². The number of carbonyl (C=O) groups excluding carboxylic acids is 2. The number of aryl methyl sites for hydroxylation is 1. The maximum Gasteiger partial charge on any atom is 0.412 e. The molecule has 0 unspecified atom stereocenters. The Bertz CT molecular complexity index is 1370. The number of amides is 2. The summed E-state index contributed by atoms with van der Waals surface area (Å²) in [6.45, 7) is 9.41. The molecule has 10 nitrogen and oxygen atoms in total. The molecule has 0 atom stereocenters. The molecule has 1 aliphatic rings. The van der Waals surface area contributed by atoms with Crippen molar-refractivity contribution < 1.29 is 18.7 Å². The Morgan fingerprint density at radius 2 is 1.89 bits per heavy atom. The highest BCUT2D eigenvalue weighted by Gasteiger charge is 2.43. The molecule has 2 heterocycles. The monoisotopic (exact) mass is 521 g/mol. The van der Waals surface area contributed by atoms with E-state index in [2.05, 4.69) is 20.6 Å². The number of nitrogens with one attached hydrogen (secondary N) is 2. The minimum atomic E-state index is -0.964. The van der Waals surface area contributed by atoms with Crippen LogP contribution in [-0.2, 0) is 9.53 Å². The molecule has 2 amide bonds. The van der Waals surface area contributed by atoms with Gasteiger partial charge in [0.2, 0.25) is 0 Å². The zero-order chi connectivity index (χ0) is 27.5. The molecule has 0 aliphatic heterocycles. The van der Waals surface area contributed by atoms with Crippen LogP contribution in [0.2, 0.25) is 0 Å². The summed E-state index contributed by atoms with van der Waals surface area (Å²) in [4.78, 5) is 49.7. The van der Waals surface area contributed by atoms with Crippen molar-refractivity contribution in [2.24, 2.45) is 0 Å². The lowest BCUT2D eigenvalue weighted by Gasteiger charge is -2.39. The number of nitrogens with zero attached hydrogens (tertiary/aromatic N) is 3. The number of likely N-dealkylation sites (N-methyl/N-ethyl adjacent to an activating group) is 1. The molecule has 0 bridgehead atoms. The third-order valence-corrected chi connectivity index (χ3v) is 6.68. The summed E-state index contributed by atoms with van der Waals surface area (Å²) < 4.78 is 10.9. The quantitative estimate of drug-likeness (QED) is 0.441. The molecule has 1 fully saturated rings. The summed E-state index contributed by atoms with van der Waals surface area (Å²) in [6, 6.07) is 6.95. The van der Waals surface area contributed by atoms with Crippen molar-refractivity contribution in [2.75, 3.05) is 22.1 Å². The van der Waals surface area contributed by atoms with Crippen LogP contribution in [0.25, 0.3) is 10.9 Å². The molecule has 2 N–H and O–H groups in total. The second kappa shape index (κ2) is 10.8. The van der Waals surface area contributed by atoms with Gasteiger partial charge in [0.1, 0.15) is 11.1 Å². The largest absolute Gasteiger partial charge is 0.444 e. The molecule has 202 valence electrons. The van der Waals surface area contributed by atoms with E-state index < -0.39 is 22.9 Å². The number of benzene rings is 1. The molecule has 1 aliphatic carbocycles. The average Bonchev–Trinajstić information content (AvgIpc) is 2.86. The fraction of sp³-hybridized carbons (Fsp3) is 0.464. The van der Waals surface area contributed by atoms with Gasteiger partial charge in [-0.3, -0.25) is 15.1 Å². The van der Waals surface area contributed by atoms with Crippen LogP contribution in [0, 0.1) is 6.92 Å². The van der Waals surface area contributed by atoms with Crippen LogP contribution in [0.5, 0.6) is 0 Å². The first-order chi connectivity index (χ1) is 18.0. The minimum absolute atomic E-state index is 0.00718. The third-order valence-electron chi connectivity index (χ3n) is 6.68. The highest BCUT2D eigenvalue weighted by atomic mass is 16.6. The minimum Gasteiger partial charge on any atom is -0.444 e. The van der Waals surface area contributed by atoms with Gasteiger partial charge in [0.05, 0.1) is 22.8 Å². The number of anilines is 3. The Kier molecular flexibility index (Phi) is 7.71. The van der Waals surface area contributed by atoms with E-state index in [4.69, 9.17) is 9.15 Å². The standard InChI is InChI=1S/C28H35N5O5/c1-6-33(19-11-10-16-29-17-19)24(35)28(14-8-7-9-15-28)32-25-30-21-13-12-20(18(2)22(21)23(34)37-25)31-26(36)38-27(3,4)5/h10-13,16-17H,6-9,14-15H2,1-5H3,(H,30,32)(H,31,36). The first-order valence-corrected chi connectivity index (χ1v) is 13.0. The molecular formula is C28H35N5O5. The highest BCUT2D eigenvalue weighted by molar-refractivity contribution is 6.02. The van der Waals surface area contributed by atoms with E-state index in [1.165, 1.54) is 0 Å². The van der Waals surface area contributed by atoms with Crippen molar-refractivity contribution in [3.05, 3.63) is 52.6 Å². The van der Waals surface area contributed by atoms with Crippen molar-refractivity contribution in [1.29, 1.82) is 0 Å². The number of carbonyl (C=O) groups is 2. The van der Waals surface area contributed by atoms with Crippen LogP contribution in [0.3, 0.4) is 0 Å². The predicted molar refractivity (Wildman–Crippen MR) is 147 cm³/mol. The van der Waals surface area contributed by atoms with Gasteiger partial charge in [-0.15, -0.1) is 0 Å². The average molecular weight is 522 g/mol. The van der Waals surface area contributed by atoms with Gasteiger partial charge in [0, 0.05) is 18.4 Å². The molecule has 0 spiro atoms. The lowest BCUT2D eigenvalue weighted by atomic mass is 9.80. The van der Waals surface area contributed by atoms with Crippen molar-refractivity contribution in [3.63, 3.8) is 0 Å². The second-order valence-electron chi connectivity index (χ2n) is 10.6. The van der Waals surface area contributed by atoms with Gasteiger partial charge < -0.3 is 19.4 Å². The van der Waals surface area contributed by atoms with Crippen molar-refractivity contribution in [2.45, 2.75) is 77.9 Å². The van der Waals surface area contributed by atoms with Crippen molar-refractivity contribution in [1.82, 2.24) is 9.97 Å². The Hall–Kier alpha value is -3.95. The Balaban J connectivity index is 1.66. The number of hydrogen-bond donors (Lipinski definition) is 2. The fourth-order valence-corrected chi connectivity index (χ4v) is 4.89. The predicted octanol–water partition coefficient (Wildman–Crippen LogP) is 5.41. The summed E-state index contributed by atoms with van der Waals surface area (Å²) >= 11 is 0. The van der Waals surface area contributed by atoms with Gasteiger partial charge in [0.15, 0.2) is 0 Å². The van der Waals surface area contributed by atoms with E-state index in [1.807, 2.05) is 13.0 Å². The highest BCUT2D eigenvalue weighted by Crippen LogP contribution is 2.35. The normalized spacial score (nSPS) is 15.1. The number of aromatic nitrogens is 2. The molecule has 38 heavy (non-hydrogen) atoms. The Morgan fingerprint density at radius 3 is 2.53 bits per heavy atom. The van der Waals surface area contributed by atoms with E-state index in [0.29, 0.717) is 41.8 Å². The summed E-state index contributed by atoms with van der Waals surface area (Å²) in [5.74, 6) is -0.106. The van der Waals surface area contributed by atoms with Crippen LogP contribution in [-0.4, -0.2) is 39.7 Å². The van der Waals surface area contributed by atoms with Gasteiger partial charge in [-0.05, 0) is 77.3 Å². The topological polar surface area (TPSA) is 127 Å². The smallest absolute Gasteiger partial charge is 0.412 e. The van der Waals surface area contributed by atoms with Crippen LogP contribution in [0.1, 0.15) is 65.4 Å². The van der Waals surface area contributed by atoms with Crippen LogP contribution in [0.15, 0.2) is 45.9 Å². The van der Waals surface area contributed by atoms with Gasteiger partial charge in [-0.1, -0.05) is 19.3 Å². The molecule has 1 aromatic carbocycles. The summed E-state index contributed by atoms with van der Waals surface area (Å²) in [5.41, 5.74) is -0.190. The van der Waals surface area contributed by atoms with Gasteiger partial charge >= 0.3 is 11.7 Å². The first-order valence-electron chi connectivity index (χ1n) is 13.0. The number of rotatable bonds is 6. The van der Waals surface area contributed by atoms with E-state index in [0.717, 1.165) is 19.3 Å². The van der Waals surface area contributed by atoms with Gasteiger partial charge in [0.25, 0.3) is 11.9 Å². The maximum absolute atomic E-state index is 13.9. The first kappa shape index (κ1) is 27.1. The number of fused-ring (bicyclic) bond motifs is 1. The lowest BCUT2D eigenvalue weighted by molar-refractivity contribution is -0.124. The Morgan fingerprint density at radius 1 is 1.16 bits per heavy atom. The lowest BCUT2D eigenvalue weighted by Crippen LogP contribution is -2.55. The third kappa shape index (κ3) is 5.79. The molecule has 1 saturated carbocycles. The summed E-state index contributed by atoms with van der Waals surface area (Å²) in [6.07, 6.45) is 6.63. The zero-order valence-electron chi connectivity index (χ0n) is 22.6. The number of hydrogen-bond acceptors (Lipinski definition) is 8. The summed E-state index contributed by atoms with van der Waals surface area (Å²) in [7, 11) is 0. The molecule has 0 saturated heterocycles. The zero-order valence-corrected chi connectivity index (χ0v) is 22.6. The van der Waals surface area contributed by atoms with E-state index >= 15 is 0 Å². The van der Waals surface area contributed by atoms with Crippen LogP contribution < -0.4 is 21.2 Å². The second-order valence-corrected chi connectivity index (χ2v) is 10.6. The van der Waals surface area contributed by atoms with Gasteiger partial charge in [-0.2, -0.15) is 4.98 Å². The molecule has 2 aromatic heterocycles. The molecular weight excluding hydrogens is 486 g/mol. The van der Waals surface area contributed by atoms with Crippen molar-refractivity contribution in [3.8, 4) is 0 Å². The molecule has 0 radical (unpaired) electrons. The van der Waals surface area contributed by atoms with Crippen LogP contribution in [0.4, 0.5) is 22.2 Å². The van der Waals surface area contributed by atoms with Gasteiger partial charge in [-0.25, -0.2) is 9.59 Å². The SMILES string of the molecule is CCN(C(=O)C1(Nc2nc3ccc(NC(=O)OC(C)(C)C)c(C)c3c(=O)o2)CCCCC1)c1cccnc1. The molecule has 10 heteroatoms. The van der Waals surface area contributed by atoms with E-state index in [1.54, 1.807) is 63.2 Å². The maximum atomic E-state index is 13.9. The number of ether oxygens (including phenoxy) is 1. The van der Waals surface area contributed by atoms with E-state index in [9.17, 15) is 14.4 Å². The van der Waals surface area contributed by atoms with E-state index in [-0.39, 0.29) is 17.3 Å². The van der Waals surface area contributed by atoms with Crippen LogP contribution >= 0.6 is 0 Å². The summed E-state index contributed by atoms with van der Waals surface area (Å²) in [5, 5.41) is 6.15. The Labute approximate surface area is 221 Å². The number of pyridine rings is 1. The molecule has 3 aromatic rings. The molecule has 4 rings (SSSR count). The fourth-order valence-electron chi connectivity index (χ4n) is 4.89.